The first-order valence-corrected chi connectivity index (χ1v) is 5.11. The lowest BCUT2D eigenvalue weighted by molar-refractivity contribution is 0.109. The van der Waals surface area contributed by atoms with E-state index in [4.69, 9.17) is 4.74 Å². The Kier molecular flexibility index (Phi) is 8.40. The summed E-state index contributed by atoms with van der Waals surface area (Å²) in [5.74, 6) is 0. The maximum absolute atomic E-state index is 5.16. The zero-order valence-corrected chi connectivity index (χ0v) is 9.39. The van der Waals surface area contributed by atoms with Gasteiger partial charge in [0, 0.05) is 19.7 Å². The number of methoxy groups -OCH3 is 1. The second-order valence-electron chi connectivity index (χ2n) is 3.60. The minimum absolute atomic E-state index is 0.390. The summed E-state index contributed by atoms with van der Waals surface area (Å²) in [6, 6.07) is 0.558. The second-order valence-corrected chi connectivity index (χ2v) is 3.60. The molecular weight excluding hydrogens is 164 g/mol. The minimum Gasteiger partial charge on any atom is -0.382 e. The van der Waals surface area contributed by atoms with Crippen molar-refractivity contribution in [3.8, 4) is 0 Å². The summed E-state index contributed by atoms with van der Waals surface area (Å²) in [6.45, 7) is 6.41. The van der Waals surface area contributed by atoms with Crippen molar-refractivity contribution in [1.82, 2.24) is 10.6 Å². The van der Waals surface area contributed by atoms with Crippen LogP contribution in [0.2, 0.25) is 0 Å². The van der Waals surface area contributed by atoms with Crippen LogP contribution in [0.5, 0.6) is 0 Å². The van der Waals surface area contributed by atoms with Crippen molar-refractivity contribution >= 4 is 0 Å². The molecule has 0 radical (unpaired) electrons. The summed E-state index contributed by atoms with van der Waals surface area (Å²) in [5.41, 5.74) is 0. The van der Waals surface area contributed by atoms with Gasteiger partial charge in [-0.1, -0.05) is 0 Å². The molecule has 3 nitrogen and oxygen atoms in total. The molecule has 2 N–H and O–H groups in total. The third kappa shape index (κ3) is 8.22. The minimum atomic E-state index is 0.390. The van der Waals surface area contributed by atoms with Gasteiger partial charge in [0.15, 0.2) is 0 Å². The molecule has 0 saturated carbocycles. The summed E-state index contributed by atoms with van der Waals surface area (Å²) in [7, 11) is 3.74. The fourth-order valence-corrected chi connectivity index (χ4v) is 1.23. The van der Waals surface area contributed by atoms with E-state index in [0.29, 0.717) is 12.1 Å². The van der Waals surface area contributed by atoms with Crippen molar-refractivity contribution < 1.29 is 4.74 Å². The Balaban J connectivity index is 3.15. The van der Waals surface area contributed by atoms with E-state index in [1.807, 2.05) is 7.05 Å². The zero-order valence-electron chi connectivity index (χ0n) is 9.39. The number of rotatable bonds is 8. The maximum atomic E-state index is 5.16. The molecule has 2 unspecified atom stereocenters. The predicted octanol–water partition coefficient (Wildman–Crippen LogP) is 0.999. The first kappa shape index (κ1) is 12.9. The van der Waals surface area contributed by atoms with Crippen molar-refractivity contribution in [3.63, 3.8) is 0 Å². The normalized spacial score (nSPS) is 15.7. The lowest BCUT2D eigenvalue weighted by Crippen LogP contribution is -2.35. The van der Waals surface area contributed by atoms with Crippen LogP contribution in [0.4, 0.5) is 0 Å². The Morgan fingerprint density at radius 1 is 1.31 bits per heavy atom. The molecule has 0 heterocycles. The molecule has 0 amide bonds. The summed E-state index contributed by atoms with van der Waals surface area (Å²) in [4.78, 5) is 0. The van der Waals surface area contributed by atoms with Crippen molar-refractivity contribution in [2.45, 2.75) is 38.8 Å². The van der Waals surface area contributed by atoms with Crippen LogP contribution in [0, 0.1) is 0 Å². The molecule has 2 atom stereocenters. The van der Waals surface area contributed by atoms with Gasteiger partial charge in [0.1, 0.15) is 0 Å². The Morgan fingerprint density at radius 2 is 2.00 bits per heavy atom. The predicted molar refractivity (Wildman–Crippen MR) is 57.1 cm³/mol. The van der Waals surface area contributed by atoms with Crippen LogP contribution in [0.15, 0.2) is 0 Å². The van der Waals surface area contributed by atoms with Gasteiger partial charge in [0.2, 0.25) is 0 Å². The Bertz CT molecular complexity index is 109. The molecule has 0 aliphatic carbocycles. The lowest BCUT2D eigenvalue weighted by atomic mass is 10.2. The van der Waals surface area contributed by atoms with E-state index >= 15 is 0 Å². The molecule has 0 aliphatic rings. The number of likely N-dealkylation sites (N-methyl/N-ethyl adjacent to an activating group) is 1. The fourth-order valence-electron chi connectivity index (χ4n) is 1.23. The van der Waals surface area contributed by atoms with Crippen LogP contribution in [-0.4, -0.2) is 39.4 Å². The number of ether oxygens (including phenoxy) is 1. The second kappa shape index (κ2) is 8.48. The van der Waals surface area contributed by atoms with Crippen molar-refractivity contribution in [1.29, 1.82) is 0 Å². The van der Waals surface area contributed by atoms with E-state index in [1.54, 1.807) is 7.11 Å². The van der Waals surface area contributed by atoms with E-state index in [9.17, 15) is 0 Å². The molecule has 0 spiro atoms. The van der Waals surface area contributed by atoms with Gasteiger partial charge in [-0.05, 0) is 40.3 Å². The highest BCUT2D eigenvalue weighted by atomic mass is 16.5. The van der Waals surface area contributed by atoms with Gasteiger partial charge in [-0.2, -0.15) is 0 Å². The maximum Gasteiger partial charge on any atom is 0.0543 e. The van der Waals surface area contributed by atoms with Crippen LogP contribution in [0.1, 0.15) is 26.7 Å². The average molecular weight is 188 g/mol. The molecule has 0 aliphatic heterocycles. The first-order chi connectivity index (χ1) is 6.20. The smallest absolute Gasteiger partial charge is 0.0543 e. The van der Waals surface area contributed by atoms with Crippen LogP contribution in [0.3, 0.4) is 0 Å². The molecular formula is C10H24N2O. The highest BCUT2D eigenvalue weighted by Gasteiger charge is 2.00. The molecule has 3 heteroatoms. The average Bonchev–Trinajstić information content (AvgIpc) is 2.12. The Labute approximate surface area is 82.2 Å². The van der Waals surface area contributed by atoms with Crippen molar-refractivity contribution in [2.24, 2.45) is 0 Å². The van der Waals surface area contributed by atoms with Crippen LogP contribution in [-0.2, 0) is 4.74 Å². The van der Waals surface area contributed by atoms with E-state index < -0.39 is 0 Å². The van der Waals surface area contributed by atoms with Crippen LogP contribution < -0.4 is 10.6 Å². The van der Waals surface area contributed by atoms with Gasteiger partial charge in [-0.25, -0.2) is 0 Å². The van der Waals surface area contributed by atoms with Gasteiger partial charge < -0.3 is 15.4 Å². The van der Waals surface area contributed by atoms with Gasteiger partial charge in [-0.3, -0.25) is 0 Å². The van der Waals surface area contributed by atoms with E-state index in [1.165, 1.54) is 6.42 Å². The lowest BCUT2D eigenvalue weighted by Gasteiger charge is -2.14. The summed E-state index contributed by atoms with van der Waals surface area (Å²) < 4.78 is 5.16. The van der Waals surface area contributed by atoms with Gasteiger partial charge >= 0.3 is 0 Å². The molecule has 80 valence electrons. The van der Waals surface area contributed by atoms with Crippen LogP contribution >= 0.6 is 0 Å². The zero-order chi connectivity index (χ0) is 10.1. The highest BCUT2D eigenvalue weighted by molar-refractivity contribution is 4.62. The fraction of sp³-hybridized carbons (Fsp3) is 1.00. The molecule has 0 bridgehead atoms. The van der Waals surface area contributed by atoms with Crippen LogP contribution in [0.25, 0.3) is 0 Å². The summed E-state index contributed by atoms with van der Waals surface area (Å²) in [5, 5.41) is 6.59. The summed E-state index contributed by atoms with van der Waals surface area (Å²) >= 11 is 0. The third-order valence-electron chi connectivity index (χ3n) is 2.19. The highest BCUT2D eigenvalue weighted by Crippen LogP contribution is 1.98. The van der Waals surface area contributed by atoms with Gasteiger partial charge in [0.25, 0.3) is 0 Å². The van der Waals surface area contributed by atoms with E-state index in [-0.39, 0.29) is 0 Å². The van der Waals surface area contributed by atoms with Gasteiger partial charge in [0.05, 0.1) is 6.10 Å². The Hall–Kier alpha value is -0.120. The van der Waals surface area contributed by atoms with E-state index in [0.717, 1.165) is 19.5 Å². The number of nitrogens with one attached hydrogen (secondary N) is 2. The van der Waals surface area contributed by atoms with E-state index in [2.05, 4.69) is 24.5 Å². The number of hydrogen-bond acceptors (Lipinski definition) is 3. The number of hydrogen-bond donors (Lipinski definition) is 2. The molecule has 0 saturated heterocycles. The molecule has 0 rings (SSSR count). The molecule has 0 aromatic rings. The topological polar surface area (TPSA) is 33.3 Å². The monoisotopic (exact) mass is 188 g/mol. The third-order valence-corrected chi connectivity index (χ3v) is 2.19. The SMILES string of the molecule is CNCC(C)NCCCC(C)OC. The Morgan fingerprint density at radius 3 is 2.54 bits per heavy atom. The molecule has 0 fully saturated rings. The summed E-state index contributed by atoms with van der Waals surface area (Å²) in [6.07, 6.45) is 2.71. The standard InChI is InChI=1S/C10H24N2O/c1-9(8-11-3)12-7-5-6-10(2)13-4/h9-12H,5-8H2,1-4H3. The quantitative estimate of drug-likeness (QED) is 0.558. The molecule has 0 aromatic heterocycles. The molecule has 13 heavy (non-hydrogen) atoms. The largest absolute Gasteiger partial charge is 0.382 e. The van der Waals surface area contributed by atoms with Crippen molar-refractivity contribution in [2.75, 3.05) is 27.2 Å². The van der Waals surface area contributed by atoms with Gasteiger partial charge in [-0.15, -0.1) is 0 Å². The van der Waals surface area contributed by atoms with Crippen molar-refractivity contribution in [3.05, 3.63) is 0 Å². The molecule has 0 aromatic carbocycles. The first-order valence-electron chi connectivity index (χ1n) is 5.11.